The van der Waals surface area contributed by atoms with Crippen molar-refractivity contribution in [2.75, 3.05) is 13.1 Å². The monoisotopic (exact) mass is 261 g/mol. The summed E-state index contributed by atoms with van der Waals surface area (Å²) in [6.45, 7) is 10.5. The number of benzene rings is 1. The van der Waals surface area contributed by atoms with Crippen LogP contribution in [0.15, 0.2) is 18.2 Å². The number of aryl methyl sites for hydroxylation is 2. The lowest BCUT2D eigenvalue weighted by Crippen LogP contribution is -2.36. The fourth-order valence-electron chi connectivity index (χ4n) is 2.65. The van der Waals surface area contributed by atoms with E-state index in [4.69, 9.17) is 0 Å². The molecule has 0 amide bonds. The first kappa shape index (κ1) is 14.5. The Morgan fingerprint density at radius 2 is 1.95 bits per heavy atom. The highest BCUT2D eigenvalue weighted by Gasteiger charge is 2.27. The van der Waals surface area contributed by atoms with Gasteiger partial charge < -0.3 is 5.11 Å². The summed E-state index contributed by atoms with van der Waals surface area (Å²) in [6, 6.07) is 6.82. The Kier molecular flexibility index (Phi) is 4.64. The normalized spacial score (nSPS) is 17.2. The first-order valence-corrected chi connectivity index (χ1v) is 7.46. The Labute approximate surface area is 117 Å². The zero-order chi connectivity index (χ0) is 14.0. The van der Waals surface area contributed by atoms with Crippen molar-refractivity contribution in [1.82, 2.24) is 4.90 Å². The molecule has 1 aromatic rings. The molecule has 1 aliphatic carbocycles. The molecule has 0 aliphatic heterocycles. The Hall–Kier alpha value is -0.860. The molecule has 1 aliphatic rings. The highest BCUT2D eigenvalue weighted by Crippen LogP contribution is 2.31. The molecule has 1 N–H and O–H groups in total. The van der Waals surface area contributed by atoms with Gasteiger partial charge in [-0.1, -0.05) is 23.8 Å². The minimum Gasteiger partial charge on any atom is -0.387 e. The van der Waals surface area contributed by atoms with E-state index < -0.39 is 0 Å². The molecule has 1 saturated carbocycles. The van der Waals surface area contributed by atoms with Gasteiger partial charge in [-0.2, -0.15) is 0 Å². The minimum atomic E-state index is -0.373. The van der Waals surface area contributed by atoms with Crippen LogP contribution in [0.2, 0.25) is 0 Å². The van der Waals surface area contributed by atoms with E-state index in [1.165, 1.54) is 24.0 Å². The average molecular weight is 261 g/mol. The lowest BCUT2D eigenvalue weighted by molar-refractivity contribution is 0.0919. The Morgan fingerprint density at radius 3 is 2.47 bits per heavy atom. The highest BCUT2D eigenvalue weighted by atomic mass is 16.3. The van der Waals surface area contributed by atoms with Gasteiger partial charge in [0.25, 0.3) is 0 Å². The molecule has 0 bridgehead atoms. The van der Waals surface area contributed by atoms with E-state index in [1.54, 1.807) is 0 Å². The number of rotatable bonds is 6. The molecule has 2 nitrogen and oxygen atoms in total. The van der Waals surface area contributed by atoms with E-state index in [9.17, 15) is 5.11 Å². The van der Waals surface area contributed by atoms with Gasteiger partial charge in [0.15, 0.2) is 0 Å². The minimum absolute atomic E-state index is 0.373. The van der Waals surface area contributed by atoms with Crippen molar-refractivity contribution < 1.29 is 5.11 Å². The number of hydrogen-bond donors (Lipinski definition) is 1. The standard InChI is InChI=1S/C17H27NO/c1-12(2)18(10-15-6-7-15)11-17(19)16-8-5-13(3)9-14(16)4/h5,8-9,12,15,17,19H,6-7,10-11H2,1-4H3. The number of aliphatic hydroxyl groups is 1. The van der Waals surface area contributed by atoms with Crippen LogP contribution in [0.25, 0.3) is 0 Å². The predicted molar refractivity (Wildman–Crippen MR) is 80.3 cm³/mol. The molecule has 106 valence electrons. The van der Waals surface area contributed by atoms with E-state index in [1.807, 2.05) is 0 Å². The quantitative estimate of drug-likeness (QED) is 0.847. The second kappa shape index (κ2) is 6.06. The maximum atomic E-state index is 10.5. The molecule has 0 aromatic heterocycles. The second-order valence-corrected chi connectivity index (χ2v) is 6.37. The highest BCUT2D eigenvalue weighted by molar-refractivity contribution is 5.32. The van der Waals surface area contributed by atoms with Gasteiger partial charge in [0, 0.05) is 19.1 Å². The second-order valence-electron chi connectivity index (χ2n) is 6.37. The largest absolute Gasteiger partial charge is 0.387 e. The summed E-state index contributed by atoms with van der Waals surface area (Å²) in [5.74, 6) is 0.869. The molecule has 2 heteroatoms. The third-order valence-corrected chi connectivity index (χ3v) is 4.11. The molecule has 0 radical (unpaired) electrons. The molecule has 0 heterocycles. The molecule has 0 saturated heterocycles. The lowest BCUT2D eigenvalue weighted by atomic mass is 10.0. The number of aliphatic hydroxyl groups excluding tert-OH is 1. The van der Waals surface area contributed by atoms with Gasteiger partial charge in [0.1, 0.15) is 0 Å². The van der Waals surface area contributed by atoms with Gasteiger partial charge in [-0.15, -0.1) is 0 Å². The van der Waals surface area contributed by atoms with Crippen molar-refractivity contribution in [1.29, 1.82) is 0 Å². The van der Waals surface area contributed by atoms with Crippen LogP contribution >= 0.6 is 0 Å². The summed E-state index contributed by atoms with van der Waals surface area (Å²) >= 11 is 0. The summed E-state index contributed by atoms with van der Waals surface area (Å²) in [7, 11) is 0. The van der Waals surface area contributed by atoms with Gasteiger partial charge in [0.2, 0.25) is 0 Å². The van der Waals surface area contributed by atoms with Crippen molar-refractivity contribution in [2.45, 2.75) is 52.7 Å². The molecule has 1 fully saturated rings. The van der Waals surface area contributed by atoms with E-state index in [0.717, 1.165) is 24.6 Å². The molecule has 1 unspecified atom stereocenters. The molecule has 2 rings (SSSR count). The molecule has 1 atom stereocenters. The first-order valence-electron chi connectivity index (χ1n) is 7.46. The van der Waals surface area contributed by atoms with Crippen LogP contribution in [0.3, 0.4) is 0 Å². The molecule has 19 heavy (non-hydrogen) atoms. The van der Waals surface area contributed by atoms with E-state index in [2.05, 4.69) is 50.8 Å². The van der Waals surface area contributed by atoms with E-state index in [-0.39, 0.29) is 6.10 Å². The van der Waals surface area contributed by atoms with Crippen LogP contribution < -0.4 is 0 Å². The fourth-order valence-corrected chi connectivity index (χ4v) is 2.65. The van der Waals surface area contributed by atoms with E-state index >= 15 is 0 Å². The summed E-state index contributed by atoms with van der Waals surface area (Å²) in [5.41, 5.74) is 3.53. The lowest BCUT2D eigenvalue weighted by Gasteiger charge is -2.29. The van der Waals surface area contributed by atoms with Gasteiger partial charge >= 0.3 is 0 Å². The van der Waals surface area contributed by atoms with Gasteiger partial charge in [-0.05, 0) is 57.6 Å². The number of hydrogen-bond acceptors (Lipinski definition) is 2. The van der Waals surface area contributed by atoms with Crippen LogP contribution in [0.5, 0.6) is 0 Å². The Morgan fingerprint density at radius 1 is 1.26 bits per heavy atom. The van der Waals surface area contributed by atoms with Crippen LogP contribution in [-0.4, -0.2) is 29.1 Å². The third-order valence-electron chi connectivity index (χ3n) is 4.11. The van der Waals surface area contributed by atoms with Crippen molar-refractivity contribution in [2.24, 2.45) is 5.92 Å². The molecule has 0 spiro atoms. The summed E-state index contributed by atoms with van der Waals surface area (Å²) < 4.78 is 0. The maximum absolute atomic E-state index is 10.5. The van der Waals surface area contributed by atoms with Crippen LogP contribution in [0, 0.1) is 19.8 Å². The van der Waals surface area contributed by atoms with Crippen LogP contribution in [0.1, 0.15) is 49.5 Å². The first-order chi connectivity index (χ1) is 8.97. The zero-order valence-electron chi connectivity index (χ0n) is 12.7. The van der Waals surface area contributed by atoms with Crippen molar-refractivity contribution >= 4 is 0 Å². The van der Waals surface area contributed by atoms with Crippen LogP contribution in [0.4, 0.5) is 0 Å². The van der Waals surface area contributed by atoms with E-state index in [0.29, 0.717) is 6.04 Å². The molecule has 1 aromatic carbocycles. The van der Waals surface area contributed by atoms with Gasteiger partial charge in [-0.25, -0.2) is 0 Å². The van der Waals surface area contributed by atoms with Crippen molar-refractivity contribution in [3.8, 4) is 0 Å². The van der Waals surface area contributed by atoms with Crippen LogP contribution in [-0.2, 0) is 0 Å². The topological polar surface area (TPSA) is 23.5 Å². The SMILES string of the molecule is Cc1ccc(C(O)CN(CC2CC2)C(C)C)c(C)c1. The van der Waals surface area contributed by atoms with Crippen molar-refractivity contribution in [3.63, 3.8) is 0 Å². The molecular weight excluding hydrogens is 234 g/mol. The van der Waals surface area contributed by atoms with Crippen molar-refractivity contribution in [3.05, 3.63) is 34.9 Å². The fraction of sp³-hybridized carbons (Fsp3) is 0.647. The maximum Gasteiger partial charge on any atom is 0.0919 e. The summed E-state index contributed by atoms with van der Waals surface area (Å²) in [6.07, 6.45) is 2.35. The zero-order valence-corrected chi connectivity index (χ0v) is 12.7. The summed E-state index contributed by atoms with van der Waals surface area (Å²) in [5, 5.41) is 10.5. The molecular formula is C17H27NO. The Bertz CT molecular complexity index is 423. The third kappa shape index (κ3) is 4.05. The smallest absolute Gasteiger partial charge is 0.0919 e. The summed E-state index contributed by atoms with van der Waals surface area (Å²) in [4.78, 5) is 2.42. The number of nitrogens with zero attached hydrogens (tertiary/aromatic N) is 1. The van der Waals surface area contributed by atoms with Gasteiger partial charge in [0.05, 0.1) is 6.10 Å². The average Bonchev–Trinajstić information content (AvgIpc) is 3.11. The Balaban J connectivity index is 2.02. The van der Waals surface area contributed by atoms with Gasteiger partial charge in [-0.3, -0.25) is 4.90 Å². The predicted octanol–water partition coefficient (Wildman–Crippen LogP) is 3.46.